The van der Waals surface area contributed by atoms with Crippen LogP contribution in [0.4, 0.5) is 0 Å². The van der Waals surface area contributed by atoms with E-state index in [2.05, 4.69) is 208 Å². The maximum Gasteiger partial charge on any atom is 2.00 e. The van der Waals surface area contributed by atoms with Crippen LogP contribution >= 0.6 is 0 Å². The summed E-state index contributed by atoms with van der Waals surface area (Å²) < 4.78 is 12.0. The van der Waals surface area contributed by atoms with Crippen LogP contribution in [0.2, 0.25) is 0 Å². The van der Waals surface area contributed by atoms with Crippen LogP contribution in [-0.4, -0.2) is 32.5 Å². The molecule has 0 atom stereocenters. The second kappa shape index (κ2) is 17.1. The third-order valence-electron chi connectivity index (χ3n) is 14.1. The van der Waals surface area contributed by atoms with E-state index in [0.717, 1.165) is 61.2 Å². The van der Waals surface area contributed by atoms with Gasteiger partial charge in [-0.3, -0.25) is 4.98 Å². The van der Waals surface area contributed by atoms with Crippen LogP contribution in [0.5, 0.6) is 11.5 Å². The number of aromatic nitrogens is 4. The Balaban J connectivity index is 0.00000507. The summed E-state index contributed by atoms with van der Waals surface area (Å²) in [5.41, 5.74) is 20.6. The average molecular weight is 1060 g/mol. The Morgan fingerprint density at radius 1 is 0.485 bits per heavy atom. The summed E-state index contributed by atoms with van der Waals surface area (Å²) in [6.45, 7) is 13.1. The molecule has 0 fully saturated rings. The zero-order chi connectivity index (χ0) is 45.5. The number of fused-ring (bicyclic) bond motifs is 6. The van der Waals surface area contributed by atoms with Crippen molar-refractivity contribution in [3.8, 4) is 34.4 Å². The number of imidazole rings is 1. The molecule has 0 amide bonds. The van der Waals surface area contributed by atoms with E-state index in [1.165, 1.54) is 60.7 Å². The predicted molar refractivity (Wildman–Crippen MR) is 280 cm³/mol. The van der Waals surface area contributed by atoms with E-state index in [1.54, 1.807) is 0 Å². The van der Waals surface area contributed by atoms with Gasteiger partial charge in [-0.1, -0.05) is 171 Å². The van der Waals surface area contributed by atoms with Gasteiger partial charge in [0.2, 0.25) is 6.71 Å². The van der Waals surface area contributed by atoms with Gasteiger partial charge in [0.15, 0.2) is 6.71 Å². The van der Waals surface area contributed by atoms with Crippen molar-refractivity contribution in [2.75, 3.05) is 0 Å². The first kappa shape index (κ1) is 43.4. The van der Waals surface area contributed by atoms with E-state index in [4.69, 9.17) is 14.7 Å². The molecule has 8 heteroatoms. The van der Waals surface area contributed by atoms with E-state index in [9.17, 15) is 0 Å². The van der Waals surface area contributed by atoms with Crippen LogP contribution in [0.1, 0.15) is 33.4 Å². The van der Waals surface area contributed by atoms with Crippen molar-refractivity contribution in [3.63, 3.8) is 0 Å². The first-order valence-electron chi connectivity index (χ1n) is 23.2. The normalized spacial score (nSPS) is 12.1. The smallest absolute Gasteiger partial charge is 0.503 e. The minimum atomic E-state index is -0.158. The third kappa shape index (κ3) is 6.89. The van der Waals surface area contributed by atoms with Gasteiger partial charge in [0.1, 0.15) is 5.82 Å². The summed E-state index contributed by atoms with van der Waals surface area (Å²) in [5, 5.41) is 2.21. The summed E-state index contributed by atoms with van der Waals surface area (Å²) in [6.07, 6.45) is 1.84. The quantitative estimate of drug-likeness (QED) is 0.118. The number of pyridine rings is 1. The van der Waals surface area contributed by atoms with Crippen molar-refractivity contribution in [2.45, 2.75) is 41.5 Å². The average Bonchev–Trinajstić information content (AvgIpc) is 3.88. The minimum absolute atomic E-state index is 0. The Bertz CT molecular complexity index is 3720. The first-order chi connectivity index (χ1) is 32.7. The molecular weight excluding hydrogens is 1010 g/mol. The van der Waals surface area contributed by atoms with Gasteiger partial charge in [0.25, 0.3) is 0 Å². The van der Waals surface area contributed by atoms with Crippen LogP contribution in [0.15, 0.2) is 170 Å². The molecule has 8 aromatic carbocycles. The summed E-state index contributed by atoms with van der Waals surface area (Å²) in [5.74, 6) is 2.88. The topological polar surface area (TPSA) is 44.9 Å². The molecule has 0 aliphatic carbocycles. The van der Waals surface area contributed by atoms with E-state index < -0.39 is 0 Å². The van der Waals surface area contributed by atoms with E-state index in [-0.39, 0.29) is 34.5 Å². The Kier molecular flexibility index (Phi) is 10.9. The molecule has 0 saturated carbocycles. The van der Waals surface area contributed by atoms with Crippen LogP contribution in [-0.2, 0) is 21.1 Å². The van der Waals surface area contributed by atoms with Gasteiger partial charge in [-0.25, -0.2) is 4.98 Å². The molecule has 1 aliphatic rings. The van der Waals surface area contributed by atoms with Gasteiger partial charge in [-0.2, -0.15) is 11.5 Å². The van der Waals surface area contributed by atoms with Crippen LogP contribution in [0.3, 0.4) is 0 Å². The summed E-state index contributed by atoms with van der Waals surface area (Å²) in [4.78, 5) is 10.3. The molecule has 4 heterocycles. The molecule has 68 heavy (non-hydrogen) atoms. The Labute approximate surface area is 412 Å². The molecule has 328 valence electrons. The molecule has 5 nitrogen and oxygen atoms in total. The summed E-state index contributed by atoms with van der Waals surface area (Å²) in [6, 6.07) is 66.2. The first-order valence-corrected chi connectivity index (χ1v) is 23.2. The number of para-hydroxylation sites is 4. The molecule has 0 unspecified atom stereocenters. The predicted octanol–water partition coefficient (Wildman–Crippen LogP) is 9.77. The molecule has 1 aliphatic heterocycles. The monoisotopic (exact) mass is 1060 g/mol. The largest absolute Gasteiger partial charge is 2.00 e. The molecule has 0 bridgehead atoms. The van der Waals surface area contributed by atoms with Gasteiger partial charge in [-0.15, -0.1) is 34.6 Å². The number of rotatable bonds is 7. The maximum atomic E-state index is 7.51. The number of aryl methyl sites for hydroxylation is 6. The number of hydrogen-bond acceptors (Lipinski definition) is 3. The molecular formula is C60H46B2N4OPt. The number of nitrogens with zero attached hydrogens (tertiary/aromatic N) is 4. The van der Waals surface area contributed by atoms with Gasteiger partial charge < -0.3 is 13.9 Å². The fourth-order valence-electron chi connectivity index (χ4n) is 11.2. The standard InChI is InChI=1S/C60H46B2N4O.Pt/c1-37-18-15-19-38(2)56(37)61-47-25-8-9-26-48(47)62(57-39(3)20-16-21-40(57)4)58-49(61)34-43(60-64-50-27-10-12-29-52(50)66(60)59-41(5)22-17-23-42(59)6)35-54(58)67-44-31-32-46-45-24-7-11-28-51(45)65(53(46)36-44)55-30-13-14-33-63-55;/h7-34H,1-6H3;/q-2;+2. The van der Waals surface area contributed by atoms with E-state index >= 15 is 0 Å². The molecule has 0 spiro atoms. The minimum Gasteiger partial charge on any atom is -0.503 e. The van der Waals surface area contributed by atoms with Crippen molar-refractivity contribution < 1.29 is 25.8 Å². The van der Waals surface area contributed by atoms with Gasteiger partial charge in [-0.05, 0) is 88.4 Å². The zero-order valence-corrected chi connectivity index (χ0v) is 41.1. The molecule has 0 radical (unpaired) electrons. The summed E-state index contributed by atoms with van der Waals surface area (Å²) in [7, 11) is 0. The molecule has 11 aromatic rings. The summed E-state index contributed by atoms with van der Waals surface area (Å²) >= 11 is 0. The molecule has 3 aromatic heterocycles. The van der Waals surface area contributed by atoms with Crippen LogP contribution in [0.25, 0.3) is 55.7 Å². The van der Waals surface area contributed by atoms with Gasteiger partial charge in [0.05, 0.1) is 16.9 Å². The zero-order valence-electron chi connectivity index (χ0n) is 38.8. The van der Waals surface area contributed by atoms with E-state index in [1.807, 2.05) is 24.4 Å². The molecule has 12 rings (SSSR count). The van der Waals surface area contributed by atoms with Gasteiger partial charge in [0, 0.05) is 28.9 Å². The number of benzene rings is 8. The van der Waals surface area contributed by atoms with E-state index in [0.29, 0.717) is 11.5 Å². The Morgan fingerprint density at radius 2 is 1.07 bits per heavy atom. The van der Waals surface area contributed by atoms with Crippen LogP contribution in [0, 0.1) is 53.7 Å². The second-order valence-corrected chi connectivity index (χ2v) is 18.2. The van der Waals surface area contributed by atoms with Crippen molar-refractivity contribution in [1.82, 2.24) is 19.1 Å². The fourth-order valence-corrected chi connectivity index (χ4v) is 11.2. The van der Waals surface area contributed by atoms with Crippen molar-refractivity contribution in [2.24, 2.45) is 0 Å². The van der Waals surface area contributed by atoms with Crippen LogP contribution < -0.4 is 37.5 Å². The fraction of sp³-hybridized carbons (Fsp3) is 0.100. The van der Waals surface area contributed by atoms with Crippen molar-refractivity contribution >= 4 is 79.0 Å². The molecule has 0 N–H and O–H groups in total. The Morgan fingerprint density at radius 3 is 1.75 bits per heavy atom. The second-order valence-electron chi connectivity index (χ2n) is 18.2. The Hall–Kier alpha value is -7.20. The number of hydrogen-bond donors (Lipinski definition) is 0. The SMILES string of the molecule is Cc1cccc(C)c1B1c2ccccc2B(c2c(C)cccc2C)c2c(Oc3[c-]c4c(cc3)c3ccccc3n4-c3ccccn3)[c-]c(-c3nc4ccccc4n3-c3c(C)cccc3C)cc21.[Pt+2]. The maximum absolute atomic E-state index is 7.51. The van der Waals surface area contributed by atoms with Crippen molar-refractivity contribution in [1.29, 1.82) is 0 Å². The molecule has 0 saturated heterocycles. The number of ether oxygens (including phenoxy) is 1. The third-order valence-corrected chi connectivity index (χ3v) is 14.1. The van der Waals surface area contributed by atoms with Crippen molar-refractivity contribution in [3.05, 3.63) is 216 Å². The van der Waals surface area contributed by atoms with Gasteiger partial charge >= 0.3 is 21.1 Å².